The molecule has 0 aliphatic carbocycles. The molecule has 2 aliphatic rings. The molecule has 25 heteroatoms. The van der Waals surface area contributed by atoms with E-state index in [1.807, 2.05) is 38.4 Å². The van der Waals surface area contributed by atoms with Gasteiger partial charge in [-0.25, -0.2) is 26.3 Å². The Kier molecular flexibility index (Phi) is 25.4. The van der Waals surface area contributed by atoms with E-state index in [9.17, 15) is 31.8 Å². The average Bonchev–Trinajstić information content (AvgIpc) is 3.40. The van der Waals surface area contributed by atoms with E-state index < -0.39 is 38.3 Å². The van der Waals surface area contributed by atoms with Gasteiger partial charge in [0.25, 0.3) is 5.91 Å². The number of hydrogen-bond acceptors (Lipinski definition) is 16. The van der Waals surface area contributed by atoms with Crippen LogP contribution in [-0.4, -0.2) is 188 Å². The summed E-state index contributed by atoms with van der Waals surface area (Å²) in [5, 5.41) is 27.7. The number of ether oxygens (including phenoxy) is 6. The molecule has 420 valence electrons. The number of aliphatic hydroxyl groups excluding tert-OH is 2. The molecule has 0 spiro atoms. The molecule has 76 heavy (non-hydrogen) atoms. The van der Waals surface area contributed by atoms with E-state index in [0.717, 1.165) is 33.4 Å². The van der Waals surface area contributed by atoms with Gasteiger partial charge in [0.15, 0.2) is 6.10 Å². The minimum absolute atomic E-state index is 0.0668. The van der Waals surface area contributed by atoms with Gasteiger partial charge in [-0.05, 0) is 96.0 Å². The predicted molar refractivity (Wildman–Crippen MR) is 290 cm³/mol. The van der Waals surface area contributed by atoms with Crippen molar-refractivity contribution in [1.29, 1.82) is 0 Å². The normalized spacial score (nSPS) is 17.1. The third-order valence-electron chi connectivity index (χ3n) is 12.4. The molecule has 0 fully saturated rings. The third kappa shape index (κ3) is 19.0. The van der Waals surface area contributed by atoms with Gasteiger partial charge in [-0.15, -0.1) is 0 Å². The Bertz CT molecular complexity index is 2740. The maximum absolute atomic E-state index is 13.1. The van der Waals surface area contributed by atoms with E-state index >= 15 is 0 Å². The number of halogens is 4. The van der Waals surface area contributed by atoms with Crippen LogP contribution in [0.3, 0.4) is 0 Å². The minimum Gasteiger partial charge on any atom is -0.379 e. The van der Waals surface area contributed by atoms with Crippen LogP contribution in [0.2, 0.25) is 20.1 Å². The van der Waals surface area contributed by atoms with E-state index in [1.165, 1.54) is 0 Å². The zero-order valence-corrected chi connectivity index (χ0v) is 47.1. The number of carbonyl (C=O) groups is 1. The second kappa shape index (κ2) is 31.0. The summed E-state index contributed by atoms with van der Waals surface area (Å²) in [6.45, 7) is 5.66. The fraction of sp³-hybridized carbons (Fsp3) is 0.510. The van der Waals surface area contributed by atoms with Crippen molar-refractivity contribution in [1.82, 2.24) is 29.9 Å². The number of fused-ring (bicyclic) bond motifs is 2. The van der Waals surface area contributed by atoms with Crippen LogP contribution in [0, 0.1) is 0 Å². The molecule has 4 atom stereocenters. The van der Waals surface area contributed by atoms with Gasteiger partial charge in [-0.2, -0.15) is 0 Å². The standard InChI is InChI=1S/C51H68Cl4N6O13S2/c1-60-31-43(41-27-37(52)29-47(54)45(41)33-60)35-5-3-7-39(25-35)75(65,66)58-11-15-71-19-23-73-21-17-69-13-9-56-50(63)49(62)51(64)57-10-14-70-18-22-74-24-20-72-16-12-59-76(67,68)40-8-4-6-36(26-40)44-32-61(2)34-46-42(44)28-38(53)30-48(46)55/h3-8,25-30,43-44,49-50,56,58-59,62-63H,9-24,31-34H2,1-2H3,(H,57,64)/t43-,44-,49?,50?/m0/s1. The largest absolute Gasteiger partial charge is 0.379 e. The molecular weight excluding hydrogens is 1110 g/mol. The monoisotopic (exact) mass is 1180 g/mol. The van der Waals surface area contributed by atoms with Crippen LogP contribution in [0.15, 0.2) is 82.6 Å². The number of aliphatic hydroxyl groups is 2. The third-order valence-corrected chi connectivity index (χ3v) is 16.4. The summed E-state index contributed by atoms with van der Waals surface area (Å²) in [5.74, 6) is -0.989. The molecule has 4 aromatic rings. The Balaban J connectivity index is 0.712. The van der Waals surface area contributed by atoms with Crippen molar-refractivity contribution in [2.24, 2.45) is 0 Å². The number of sulfonamides is 2. The summed E-state index contributed by atoms with van der Waals surface area (Å²) in [6.07, 6.45) is -3.26. The van der Waals surface area contributed by atoms with Gasteiger partial charge >= 0.3 is 0 Å². The van der Waals surface area contributed by atoms with E-state index in [-0.39, 0.29) is 127 Å². The van der Waals surface area contributed by atoms with Crippen LogP contribution in [0.4, 0.5) is 0 Å². The molecule has 2 unspecified atom stereocenters. The van der Waals surface area contributed by atoms with Crippen molar-refractivity contribution in [3.8, 4) is 0 Å². The maximum atomic E-state index is 13.1. The van der Waals surface area contributed by atoms with Crippen molar-refractivity contribution in [2.45, 2.75) is 47.0 Å². The fourth-order valence-electron chi connectivity index (χ4n) is 8.69. The highest BCUT2D eigenvalue weighted by Gasteiger charge is 2.30. The van der Waals surface area contributed by atoms with E-state index in [4.69, 9.17) is 74.8 Å². The first-order valence-corrected chi connectivity index (χ1v) is 29.3. The van der Waals surface area contributed by atoms with Gasteiger partial charge in [0.2, 0.25) is 20.0 Å². The minimum atomic E-state index is -3.81. The number of carbonyl (C=O) groups excluding carboxylic acids is 1. The molecule has 19 nitrogen and oxygen atoms in total. The Morgan fingerprint density at radius 2 is 0.947 bits per heavy atom. The topological polar surface area (TPSA) is 236 Å². The smallest absolute Gasteiger partial charge is 0.253 e. The van der Waals surface area contributed by atoms with Crippen molar-refractivity contribution in [3.05, 3.63) is 126 Å². The highest BCUT2D eigenvalue weighted by molar-refractivity contribution is 7.89. The lowest BCUT2D eigenvalue weighted by Gasteiger charge is -2.33. The number of rotatable bonds is 33. The van der Waals surface area contributed by atoms with Crippen LogP contribution < -0.4 is 20.1 Å². The van der Waals surface area contributed by atoms with E-state index in [1.54, 1.807) is 48.5 Å². The Hall–Kier alpha value is -3.11. The molecule has 0 bridgehead atoms. The van der Waals surface area contributed by atoms with Crippen LogP contribution in [0.1, 0.15) is 45.2 Å². The molecule has 6 N–H and O–H groups in total. The summed E-state index contributed by atoms with van der Waals surface area (Å²) in [6, 6.07) is 21.0. The number of nitrogens with zero attached hydrogens (tertiary/aromatic N) is 2. The van der Waals surface area contributed by atoms with Gasteiger partial charge < -0.3 is 53.8 Å². The van der Waals surface area contributed by atoms with Crippen molar-refractivity contribution in [2.75, 3.05) is 133 Å². The molecule has 2 aliphatic heterocycles. The Morgan fingerprint density at radius 1 is 0.566 bits per heavy atom. The Labute approximate surface area is 465 Å². The average molecular weight is 1180 g/mol. The van der Waals surface area contributed by atoms with Crippen molar-refractivity contribution >= 4 is 72.4 Å². The van der Waals surface area contributed by atoms with Crippen LogP contribution in [0.25, 0.3) is 0 Å². The zero-order chi connectivity index (χ0) is 54.7. The van der Waals surface area contributed by atoms with Gasteiger partial charge in [0.1, 0.15) is 6.23 Å². The number of likely N-dealkylation sites (N-methyl/N-ethyl adjacent to an activating group) is 2. The second-order valence-corrected chi connectivity index (χ2v) is 23.4. The van der Waals surface area contributed by atoms with Crippen molar-refractivity contribution in [3.63, 3.8) is 0 Å². The van der Waals surface area contributed by atoms with Crippen LogP contribution in [-0.2, 0) is 66.4 Å². The molecule has 0 aromatic heterocycles. The lowest BCUT2D eigenvalue weighted by molar-refractivity contribution is -0.136. The molecule has 1 amide bonds. The molecule has 6 rings (SSSR count). The quantitative estimate of drug-likeness (QED) is 0.0290. The van der Waals surface area contributed by atoms with Gasteiger partial charge in [-0.1, -0.05) is 70.7 Å². The lowest BCUT2D eigenvalue weighted by atomic mass is 9.85. The first kappa shape index (κ1) is 62.1. The summed E-state index contributed by atoms with van der Waals surface area (Å²) >= 11 is 25.7. The number of hydrogen-bond donors (Lipinski definition) is 6. The molecule has 0 saturated carbocycles. The number of amides is 1. The van der Waals surface area contributed by atoms with E-state index in [0.29, 0.717) is 46.3 Å². The summed E-state index contributed by atoms with van der Waals surface area (Å²) in [4.78, 5) is 16.9. The summed E-state index contributed by atoms with van der Waals surface area (Å²) < 4.78 is 90.6. The van der Waals surface area contributed by atoms with Gasteiger partial charge in [0, 0.05) is 84.3 Å². The molecule has 0 radical (unpaired) electrons. The van der Waals surface area contributed by atoms with Gasteiger partial charge in [-0.3, -0.25) is 10.1 Å². The molecule has 2 heterocycles. The predicted octanol–water partition coefficient (Wildman–Crippen LogP) is 4.20. The zero-order valence-electron chi connectivity index (χ0n) is 42.5. The SMILES string of the molecule is CN1Cc2c(Cl)cc(Cl)cc2[C@H](c2cccc(S(=O)(=O)NCCOCCOCCOCCNC(=O)C(O)C(O)NCCOCCOCCOCCNS(=O)(=O)c3cccc([C@@H]4CN(C)Cc5c(Cl)cc(Cl)cc54)c3)c2)C1. The lowest BCUT2D eigenvalue weighted by Crippen LogP contribution is -2.50. The summed E-state index contributed by atoms with van der Waals surface area (Å²) in [5.41, 5.74) is 5.63. The first-order chi connectivity index (χ1) is 36.4. The second-order valence-electron chi connectivity index (χ2n) is 18.2. The summed E-state index contributed by atoms with van der Waals surface area (Å²) in [7, 11) is -3.62. The number of benzene rings is 4. The Morgan fingerprint density at radius 3 is 1.37 bits per heavy atom. The first-order valence-electron chi connectivity index (χ1n) is 24.8. The van der Waals surface area contributed by atoms with Crippen LogP contribution in [0.5, 0.6) is 0 Å². The maximum Gasteiger partial charge on any atom is 0.253 e. The molecule has 4 aromatic carbocycles. The van der Waals surface area contributed by atoms with Crippen molar-refractivity contribution < 1.29 is 60.3 Å². The highest BCUT2D eigenvalue weighted by atomic mass is 35.5. The van der Waals surface area contributed by atoms with E-state index in [2.05, 4.69) is 29.9 Å². The molecular formula is C51H68Cl4N6O13S2. The number of nitrogens with one attached hydrogen (secondary N) is 4. The van der Waals surface area contributed by atoms with Crippen LogP contribution >= 0.6 is 46.4 Å². The fourth-order valence-corrected chi connectivity index (χ4v) is 12.0. The molecule has 0 saturated heterocycles. The highest BCUT2D eigenvalue weighted by Crippen LogP contribution is 2.40. The van der Waals surface area contributed by atoms with Gasteiger partial charge in [0.05, 0.1) is 89.1 Å².